The fourth-order valence-corrected chi connectivity index (χ4v) is 2.10. The van der Waals surface area contributed by atoms with Crippen molar-refractivity contribution in [1.82, 2.24) is 4.98 Å². The average Bonchev–Trinajstić information content (AvgIpc) is 2.41. The molecule has 19 heavy (non-hydrogen) atoms. The Kier molecular flexibility index (Phi) is 4.76. The van der Waals surface area contributed by atoms with Crippen molar-refractivity contribution < 1.29 is 9.53 Å². The van der Waals surface area contributed by atoms with E-state index in [9.17, 15) is 4.79 Å². The number of amides is 1. The van der Waals surface area contributed by atoms with Gasteiger partial charge in [-0.15, -0.1) is 0 Å². The molecule has 0 saturated heterocycles. The minimum absolute atomic E-state index is 0.206. The maximum atomic E-state index is 11.6. The molecule has 0 bridgehead atoms. The second kappa shape index (κ2) is 6.54. The average molecular weight is 342 g/mol. The molecule has 0 aliphatic rings. The zero-order valence-corrected chi connectivity index (χ0v) is 12.1. The van der Waals surface area contributed by atoms with Crippen LogP contribution in [0.4, 0.5) is 10.6 Å². The molecule has 1 aromatic heterocycles. The molecular formula is C13H10BrClN2O2. The Balaban J connectivity index is 1.91. The molecule has 0 spiro atoms. The standard InChI is InChI=1S/C13H10BrClN2O2/c14-11-6-10(15)7-16-12(11)17-13(18)19-8-9-4-2-1-3-5-9/h1-7H,8H2,(H,16,17,18). The molecule has 0 fully saturated rings. The number of hydrogen-bond donors (Lipinski definition) is 1. The van der Waals surface area contributed by atoms with Crippen LogP contribution in [0.15, 0.2) is 47.1 Å². The van der Waals surface area contributed by atoms with Crippen molar-refractivity contribution in [2.75, 3.05) is 5.32 Å². The number of carbonyl (C=O) groups excluding carboxylic acids is 1. The van der Waals surface area contributed by atoms with Gasteiger partial charge in [-0.25, -0.2) is 9.78 Å². The Morgan fingerprint density at radius 3 is 2.79 bits per heavy atom. The van der Waals surface area contributed by atoms with Gasteiger partial charge in [-0.2, -0.15) is 0 Å². The number of rotatable bonds is 3. The number of carbonyl (C=O) groups is 1. The number of ether oxygens (including phenoxy) is 1. The Morgan fingerprint density at radius 1 is 1.37 bits per heavy atom. The van der Waals surface area contributed by atoms with Crippen molar-refractivity contribution in [3.8, 4) is 0 Å². The zero-order valence-electron chi connectivity index (χ0n) is 9.77. The summed E-state index contributed by atoms with van der Waals surface area (Å²) in [7, 11) is 0. The molecule has 0 aliphatic heterocycles. The molecule has 0 unspecified atom stereocenters. The number of nitrogens with one attached hydrogen (secondary N) is 1. The van der Waals surface area contributed by atoms with E-state index in [0.29, 0.717) is 15.3 Å². The zero-order chi connectivity index (χ0) is 13.7. The van der Waals surface area contributed by atoms with Gasteiger partial charge in [-0.3, -0.25) is 5.32 Å². The first-order valence-corrected chi connectivity index (χ1v) is 6.61. The normalized spacial score (nSPS) is 10.0. The van der Waals surface area contributed by atoms with Crippen molar-refractivity contribution in [2.45, 2.75) is 6.61 Å². The maximum absolute atomic E-state index is 11.6. The van der Waals surface area contributed by atoms with Gasteiger partial charge >= 0.3 is 6.09 Å². The predicted molar refractivity (Wildman–Crippen MR) is 77.2 cm³/mol. The molecule has 1 amide bonds. The van der Waals surface area contributed by atoms with Crippen molar-refractivity contribution in [1.29, 1.82) is 0 Å². The second-order valence-corrected chi connectivity index (χ2v) is 4.96. The van der Waals surface area contributed by atoms with Crippen LogP contribution in [-0.4, -0.2) is 11.1 Å². The fourth-order valence-electron chi connectivity index (χ4n) is 1.36. The summed E-state index contributed by atoms with van der Waals surface area (Å²) in [4.78, 5) is 15.6. The lowest BCUT2D eigenvalue weighted by molar-refractivity contribution is 0.155. The SMILES string of the molecule is O=C(Nc1ncc(Cl)cc1Br)OCc1ccccc1. The molecule has 2 aromatic rings. The molecule has 0 saturated carbocycles. The molecule has 0 atom stereocenters. The van der Waals surface area contributed by atoms with Crippen molar-refractivity contribution in [3.63, 3.8) is 0 Å². The van der Waals surface area contributed by atoms with E-state index >= 15 is 0 Å². The topological polar surface area (TPSA) is 51.2 Å². The summed E-state index contributed by atoms with van der Waals surface area (Å²) in [6.07, 6.45) is 0.874. The van der Waals surface area contributed by atoms with Crippen molar-refractivity contribution >= 4 is 39.4 Å². The highest BCUT2D eigenvalue weighted by Gasteiger charge is 2.08. The Labute approximate surface area is 123 Å². The van der Waals surface area contributed by atoms with Crippen LogP contribution < -0.4 is 5.32 Å². The number of hydrogen-bond acceptors (Lipinski definition) is 3. The third-order valence-electron chi connectivity index (χ3n) is 2.24. The smallest absolute Gasteiger partial charge is 0.413 e. The summed E-state index contributed by atoms with van der Waals surface area (Å²) in [6.45, 7) is 0.206. The minimum atomic E-state index is -0.570. The lowest BCUT2D eigenvalue weighted by atomic mass is 10.2. The van der Waals surface area contributed by atoms with E-state index in [-0.39, 0.29) is 6.61 Å². The van der Waals surface area contributed by atoms with Gasteiger partial charge in [-0.05, 0) is 27.6 Å². The van der Waals surface area contributed by atoms with Crippen LogP contribution in [0, 0.1) is 0 Å². The number of nitrogens with zero attached hydrogens (tertiary/aromatic N) is 1. The van der Waals surface area contributed by atoms with E-state index in [1.165, 1.54) is 6.20 Å². The van der Waals surface area contributed by atoms with Crippen LogP contribution in [0.5, 0.6) is 0 Å². The van der Waals surface area contributed by atoms with Gasteiger partial charge in [0.15, 0.2) is 0 Å². The predicted octanol–water partition coefficient (Wildman–Crippen LogP) is 4.25. The van der Waals surface area contributed by atoms with E-state index in [1.807, 2.05) is 30.3 Å². The fraction of sp³-hybridized carbons (Fsp3) is 0.0769. The van der Waals surface area contributed by atoms with E-state index in [1.54, 1.807) is 6.07 Å². The lowest BCUT2D eigenvalue weighted by Gasteiger charge is -2.07. The highest BCUT2D eigenvalue weighted by molar-refractivity contribution is 9.10. The summed E-state index contributed by atoms with van der Waals surface area (Å²) < 4.78 is 5.67. The Bertz CT molecular complexity index is 578. The summed E-state index contributed by atoms with van der Waals surface area (Å²) in [5.41, 5.74) is 0.917. The first kappa shape index (κ1) is 13.8. The van der Waals surface area contributed by atoms with Gasteiger partial charge in [0.25, 0.3) is 0 Å². The number of benzene rings is 1. The molecule has 1 N–H and O–H groups in total. The molecule has 4 nitrogen and oxygen atoms in total. The van der Waals surface area contributed by atoms with Gasteiger partial charge in [-0.1, -0.05) is 41.9 Å². The van der Waals surface area contributed by atoms with Crippen LogP contribution in [0.1, 0.15) is 5.56 Å². The second-order valence-electron chi connectivity index (χ2n) is 3.67. The van der Waals surface area contributed by atoms with E-state index in [4.69, 9.17) is 16.3 Å². The van der Waals surface area contributed by atoms with Crippen LogP contribution >= 0.6 is 27.5 Å². The summed E-state index contributed by atoms with van der Waals surface area (Å²) >= 11 is 9.01. The van der Waals surface area contributed by atoms with Crippen LogP contribution in [0.3, 0.4) is 0 Å². The van der Waals surface area contributed by atoms with Crippen molar-refractivity contribution in [3.05, 3.63) is 57.7 Å². The number of pyridine rings is 1. The maximum Gasteiger partial charge on any atom is 0.413 e. The molecule has 2 rings (SSSR count). The number of halogens is 2. The third kappa shape index (κ3) is 4.22. The van der Waals surface area contributed by atoms with E-state index in [2.05, 4.69) is 26.2 Å². The third-order valence-corrected chi connectivity index (χ3v) is 3.05. The summed E-state index contributed by atoms with van der Waals surface area (Å²) in [5.74, 6) is 0.363. The summed E-state index contributed by atoms with van der Waals surface area (Å²) in [6, 6.07) is 11.1. The lowest BCUT2D eigenvalue weighted by Crippen LogP contribution is -2.14. The molecule has 6 heteroatoms. The van der Waals surface area contributed by atoms with E-state index < -0.39 is 6.09 Å². The van der Waals surface area contributed by atoms with Gasteiger partial charge < -0.3 is 4.74 Å². The molecule has 1 heterocycles. The van der Waals surface area contributed by atoms with Crippen LogP contribution in [0.2, 0.25) is 5.02 Å². The van der Waals surface area contributed by atoms with Gasteiger partial charge in [0, 0.05) is 6.20 Å². The first-order valence-electron chi connectivity index (χ1n) is 5.44. The molecular weight excluding hydrogens is 332 g/mol. The summed E-state index contributed by atoms with van der Waals surface area (Å²) in [5, 5.41) is 3.01. The van der Waals surface area contributed by atoms with Crippen molar-refractivity contribution in [2.24, 2.45) is 0 Å². The van der Waals surface area contributed by atoms with Gasteiger partial charge in [0.1, 0.15) is 12.4 Å². The van der Waals surface area contributed by atoms with Crippen LogP contribution in [0.25, 0.3) is 0 Å². The highest BCUT2D eigenvalue weighted by Crippen LogP contribution is 2.23. The quantitative estimate of drug-likeness (QED) is 0.908. The highest BCUT2D eigenvalue weighted by atomic mass is 79.9. The minimum Gasteiger partial charge on any atom is -0.444 e. The molecule has 0 aliphatic carbocycles. The molecule has 0 radical (unpaired) electrons. The first-order chi connectivity index (χ1) is 9.15. The number of aromatic nitrogens is 1. The molecule has 1 aromatic carbocycles. The van der Waals surface area contributed by atoms with E-state index in [0.717, 1.165) is 5.56 Å². The van der Waals surface area contributed by atoms with Gasteiger partial charge in [0.05, 0.1) is 9.50 Å². The number of anilines is 1. The monoisotopic (exact) mass is 340 g/mol. The van der Waals surface area contributed by atoms with Crippen LogP contribution in [-0.2, 0) is 11.3 Å². The Morgan fingerprint density at radius 2 is 2.11 bits per heavy atom. The van der Waals surface area contributed by atoms with Gasteiger partial charge in [0.2, 0.25) is 0 Å². The largest absolute Gasteiger partial charge is 0.444 e. The Hall–Kier alpha value is -1.59. The molecule has 98 valence electrons.